The van der Waals surface area contributed by atoms with E-state index in [0.717, 1.165) is 18.7 Å². The van der Waals surface area contributed by atoms with Crippen molar-refractivity contribution in [2.75, 3.05) is 20.7 Å². The normalized spacial score (nSPS) is 13.2. The Morgan fingerprint density at radius 3 is 1.87 bits per heavy atom. The van der Waals surface area contributed by atoms with Gasteiger partial charge in [-0.15, -0.1) is 0 Å². The third-order valence-corrected chi connectivity index (χ3v) is 7.61. The Labute approximate surface area is 233 Å². The van der Waals surface area contributed by atoms with Crippen LogP contribution in [0.25, 0.3) is 0 Å². The van der Waals surface area contributed by atoms with Crippen molar-refractivity contribution >= 4 is 5.97 Å². The second-order valence-corrected chi connectivity index (χ2v) is 11.6. The standard InChI is InChI=1S/C34H54NO3/c1-6-7-8-9-10-11-12-13-14-15-17-20-31-23-25-33(26-24-31)38-29(2)28-37-34(36)30(3)35(4,5)27-32-21-18-16-19-22-32/h16,18-19,21-26,29-30H,6-15,17,20,27-28H2,1-5H3/q+1. The Morgan fingerprint density at radius 2 is 1.29 bits per heavy atom. The number of carbonyl (C=O) groups excluding carboxylic acids is 1. The molecule has 0 heterocycles. The third kappa shape index (κ3) is 13.0. The molecule has 0 aliphatic heterocycles. The van der Waals surface area contributed by atoms with Crippen molar-refractivity contribution in [2.24, 2.45) is 0 Å². The second kappa shape index (κ2) is 18.0. The van der Waals surface area contributed by atoms with Crippen LogP contribution in [0.5, 0.6) is 5.75 Å². The molecule has 0 saturated carbocycles. The van der Waals surface area contributed by atoms with E-state index in [2.05, 4.69) is 45.3 Å². The molecule has 2 atom stereocenters. The van der Waals surface area contributed by atoms with Crippen molar-refractivity contribution in [2.45, 2.75) is 117 Å². The fourth-order valence-corrected chi connectivity index (χ4v) is 4.79. The van der Waals surface area contributed by atoms with Crippen molar-refractivity contribution in [1.29, 1.82) is 0 Å². The van der Waals surface area contributed by atoms with Crippen molar-refractivity contribution in [3.05, 3.63) is 65.7 Å². The summed E-state index contributed by atoms with van der Waals surface area (Å²) in [4.78, 5) is 12.7. The number of nitrogens with zero attached hydrogens (tertiary/aromatic N) is 1. The number of hydrogen-bond donors (Lipinski definition) is 0. The van der Waals surface area contributed by atoms with Crippen molar-refractivity contribution in [1.82, 2.24) is 0 Å². The Balaban J connectivity index is 1.60. The Kier molecular flexibility index (Phi) is 15.1. The molecule has 212 valence electrons. The summed E-state index contributed by atoms with van der Waals surface area (Å²) < 4.78 is 12.2. The molecule has 0 aliphatic rings. The summed E-state index contributed by atoms with van der Waals surface area (Å²) in [5.41, 5.74) is 2.57. The van der Waals surface area contributed by atoms with Gasteiger partial charge >= 0.3 is 5.97 Å². The number of quaternary nitrogens is 1. The van der Waals surface area contributed by atoms with Crippen LogP contribution in [0.15, 0.2) is 54.6 Å². The lowest BCUT2D eigenvalue weighted by atomic mass is 10.0. The highest BCUT2D eigenvalue weighted by atomic mass is 16.6. The maximum absolute atomic E-state index is 12.7. The Morgan fingerprint density at radius 1 is 0.737 bits per heavy atom. The first-order valence-corrected chi connectivity index (χ1v) is 15.1. The molecule has 0 fully saturated rings. The first-order chi connectivity index (χ1) is 18.3. The average Bonchev–Trinajstić information content (AvgIpc) is 2.91. The van der Waals surface area contributed by atoms with Crippen LogP contribution >= 0.6 is 0 Å². The lowest BCUT2D eigenvalue weighted by molar-refractivity contribution is -0.917. The molecule has 2 rings (SSSR count). The molecule has 0 aromatic heterocycles. The number of carbonyl (C=O) groups is 1. The predicted octanol–water partition coefficient (Wildman–Crippen LogP) is 8.52. The summed E-state index contributed by atoms with van der Waals surface area (Å²) in [7, 11) is 4.13. The summed E-state index contributed by atoms with van der Waals surface area (Å²) in [6.07, 6.45) is 16.0. The van der Waals surface area contributed by atoms with Gasteiger partial charge in [-0.1, -0.05) is 114 Å². The van der Waals surface area contributed by atoms with Crippen LogP contribution in [0, 0.1) is 0 Å². The first kappa shape index (κ1) is 31.9. The highest BCUT2D eigenvalue weighted by Crippen LogP contribution is 2.18. The number of rotatable bonds is 20. The van der Waals surface area contributed by atoms with E-state index >= 15 is 0 Å². The zero-order valence-corrected chi connectivity index (χ0v) is 24.9. The van der Waals surface area contributed by atoms with Crippen LogP contribution in [-0.2, 0) is 22.5 Å². The van der Waals surface area contributed by atoms with E-state index in [4.69, 9.17) is 9.47 Å². The second-order valence-electron chi connectivity index (χ2n) is 11.6. The maximum atomic E-state index is 12.7. The van der Waals surface area contributed by atoms with Crippen LogP contribution < -0.4 is 4.74 Å². The molecule has 0 spiro atoms. The summed E-state index contributed by atoms with van der Waals surface area (Å²) in [5.74, 6) is 0.633. The predicted molar refractivity (Wildman–Crippen MR) is 159 cm³/mol. The maximum Gasteiger partial charge on any atom is 0.364 e. The van der Waals surface area contributed by atoms with Gasteiger partial charge in [0.2, 0.25) is 0 Å². The van der Waals surface area contributed by atoms with E-state index in [-0.39, 0.29) is 24.7 Å². The lowest BCUT2D eigenvalue weighted by Crippen LogP contribution is -2.51. The Hall–Kier alpha value is -2.33. The monoisotopic (exact) mass is 524 g/mol. The molecule has 2 aromatic carbocycles. The highest BCUT2D eigenvalue weighted by Gasteiger charge is 2.32. The third-order valence-electron chi connectivity index (χ3n) is 7.61. The van der Waals surface area contributed by atoms with Gasteiger partial charge in [-0.2, -0.15) is 0 Å². The molecule has 0 amide bonds. The van der Waals surface area contributed by atoms with E-state index in [1.165, 1.54) is 81.8 Å². The average molecular weight is 525 g/mol. The van der Waals surface area contributed by atoms with Gasteiger partial charge < -0.3 is 14.0 Å². The molecule has 2 unspecified atom stereocenters. The number of esters is 1. The summed E-state index contributed by atoms with van der Waals surface area (Å²) >= 11 is 0. The Bertz CT molecular complexity index is 878. The first-order valence-electron chi connectivity index (χ1n) is 15.1. The highest BCUT2D eigenvalue weighted by molar-refractivity contribution is 5.74. The molecular formula is C34H54NO3+. The topological polar surface area (TPSA) is 35.5 Å². The SMILES string of the molecule is CCCCCCCCCCCCCc1ccc(OC(C)COC(=O)C(C)[N+](C)(C)Cc2ccccc2)cc1. The van der Waals surface area contributed by atoms with Crippen LogP contribution in [0.3, 0.4) is 0 Å². The van der Waals surface area contributed by atoms with Crippen molar-refractivity contribution < 1.29 is 18.8 Å². The molecule has 4 heteroatoms. The van der Waals surface area contributed by atoms with E-state index in [1.807, 2.05) is 44.2 Å². The number of likely N-dealkylation sites (N-methyl/N-ethyl adjacent to an activating group) is 1. The number of aryl methyl sites for hydroxylation is 1. The quantitative estimate of drug-likeness (QED) is 0.0989. The molecule has 0 radical (unpaired) electrons. The van der Waals surface area contributed by atoms with E-state index in [1.54, 1.807) is 0 Å². The van der Waals surface area contributed by atoms with Crippen molar-refractivity contribution in [3.8, 4) is 5.75 Å². The van der Waals surface area contributed by atoms with Gasteiger partial charge in [0, 0.05) is 5.56 Å². The van der Waals surface area contributed by atoms with Crippen LogP contribution in [-0.4, -0.2) is 43.3 Å². The van der Waals surface area contributed by atoms with Gasteiger partial charge in [0.1, 0.15) is 25.0 Å². The van der Waals surface area contributed by atoms with Gasteiger partial charge in [0.25, 0.3) is 0 Å². The molecule has 0 N–H and O–H groups in total. The summed E-state index contributed by atoms with van der Waals surface area (Å²) in [6.45, 7) is 7.18. The number of hydrogen-bond acceptors (Lipinski definition) is 3. The molecule has 0 bridgehead atoms. The molecule has 4 nitrogen and oxygen atoms in total. The minimum atomic E-state index is -0.266. The van der Waals surface area contributed by atoms with Crippen LogP contribution in [0.2, 0.25) is 0 Å². The number of ether oxygens (including phenoxy) is 2. The molecule has 38 heavy (non-hydrogen) atoms. The van der Waals surface area contributed by atoms with Gasteiger partial charge in [-0.25, -0.2) is 4.79 Å². The summed E-state index contributed by atoms with van der Waals surface area (Å²) in [5, 5.41) is 0. The zero-order valence-electron chi connectivity index (χ0n) is 24.9. The lowest BCUT2D eigenvalue weighted by Gasteiger charge is -2.34. The van der Waals surface area contributed by atoms with E-state index in [0.29, 0.717) is 4.48 Å². The largest absolute Gasteiger partial charge is 0.487 e. The fourth-order valence-electron chi connectivity index (χ4n) is 4.79. The van der Waals surface area contributed by atoms with Gasteiger partial charge in [0.15, 0.2) is 6.04 Å². The smallest absolute Gasteiger partial charge is 0.364 e. The molecule has 2 aromatic rings. The van der Waals surface area contributed by atoms with Gasteiger partial charge in [-0.05, 0) is 44.4 Å². The van der Waals surface area contributed by atoms with Crippen LogP contribution in [0.1, 0.15) is 103 Å². The van der Waals surface area contributed by atoms with E-state index < -0.39 is 0 Å². The van der Waals surface area contributed by atoms with Crippen LogP contribution in [0.4, 0.5) is 0 Å². The number of unbranched alkanes of at least 4 members (excludes halogenated alkanes) is 10. The zero-order chi connectivity index (χ0) is 27.6. The van der Waals surface area contributed by atoms with E-state index in [9.17, 15) is 4.79 Å². The van der Waals surface area contributed by atoms with Crippen molar-refractivity contribution in [3.63, 3.8) is 0 Å². The molecular weight excluding hydrogens is 470 g/mol. The minimum absolute atomic E-state index is 0.191. The molecule has 0 aliphatic carbocycles. The van der Waals surface area contributed by atoms with Gasteiger partial charge in [-0.3, -0.25) is 0 Å². The number of benzene rings is 2. The minimum Gasteiger partial charge on any atom is -0.487 e. The molecule has 0 saturated heterocycles. The fraction of sp³-hybridized carbons (Fsp3) is 0.618. The van der Waals surface area contributed by atoms with Gasteiger partial charge in [0.05, 0.1) is 14.1 Å². The summed E-state index contributed by atoms with van der Waals surface area (Å²) in [6, 6.07) is 18.4.